The van der Waals surface area contributed by atoms with Crippen molar-refractivity contribution in [2.75, 3.05) is 6.61 Å². The minimum absolute atomic E-state index is 0.0950. The van der Waals surface area contributed by atoms with Gasteiger partial charge in [0.25, 0.3) is 0 Å². The van der Waals surface area contributed by atoms with Crippen LogP contribution in [0.3, 0.4) is 0 Å². The maximum Gasteiger partial charge on any atom is 0.122 e. The van der Waals surface area contributed by atoms with Gasteiger partial charge in [-0.3, -0.25) is 0 Å². The highest BCUT2D eigenvalue weighted by Crippen LogP contribution is 2.35. The Labute approximate surface area is 91.4 Å². The van der Waals surface area contributed by atoms with Gasteiger partial charge < -0.3 is 10.5 Å². The standard InChI is InChI=1S/C13H19NO/c1-10-4-3-5-12(11(10)2)15-9-8-13(14)6-7-13/h3-5H,6-9,14H2,1-2H3. The molecule has 1 aliphatic carbocycles. The molecule has 0 aromatic heterocycles. The van der Waals surface area contributed by atoms with Gasteiger partial charge in [0.05, 0.1) is 6.61 Å². The average Bonchev–Trinajstić information content (AvgIpc) is 2.92. The zero-order valence-electron chi connectivity index (χ0n) is 9.55. The van der Waals surface area contributed by atoms with E-state index >= 15 is 0 Å². The molecule has 1 fully saturated rings. The van der Waals surface area contributed by atoms with Crippen molar-refractivity contribution in [1.82, 2.24) is 0 Å². The fourth-order valence-corrected chi connectivity index (χ4v) is 1.66. The van der Waals surface area contributed by atoms with Crippen molar-refractivity contribution in [2.45, 2.75) is 38.6 Å². The van der Waals surface area contributed by atoms with Gasteiger partial charge in [0.2, 0.25) is 0 Å². The monoisotopic (exact) mass is 205 g/mol. The van der Waals surface area contributed by atoms with Gasteiger partial charge in [-0.25, -0.2) is 0 Å². The fourth-order valence-electron chi connectivity index (χ4n) is 1.66. The van der Waals surface area contributed by atoms with Gasteiger partial charge in [-0.15, -0.1) is 0 Å². The maximum atomic E-state index is 6.00. The quantitative estimate of drug-likeness (QED) is 0.820. The number of benzene rings is 1. The Morgan fingerprint density at radius 1 is 1.33 bits per heavy atom. The molecule has 2 N–H and O–H groups in total. The SMILES string of the molecule is Cc1cccc(OCCC2(N)CC2)c1C. The zero-order valence-corrected chi connectivity index (χ0v) is 9.55. The normalized spacial score (nSPS) is 17.5. The summed E-state index contributed by atoms with van der Waals surface area (Å²) in [5.41, 5.74) is 8.61. The lowest BCUT2D eigenvalue weighted by molar-refractivity contribution is 0.291. The number of hydrogen-bond acceptors (Lipinski definition) is 2. The van der Waals surface area contributed by atoms with E-state index in [0.717, 1.165) is 31.6 Å². The van der Waals surface area contributed by atoms with E-state index in [1.165, 1.54) is 11.1 Å². The molecular weight excluding hydrogens is 186 g/mol. The summed E-state index contributed by atoms with van der Waals surface area (Å²) < 4.78 is 5.75. The molecule has 0 atom stereocenters. The molecule has 0 amide bonds. The highest BCUT2D eigenvalue weighted by atomic mass is 16.5. The van der Waals surface area contributed by atoms with Crippen LogP contribution in [0.5, 0.6) is 5.75 Å². The van der Waals surface area contributed by atoms with Crippen molar-refractivity contribution in [1.29, 1.82) is 0 Å². The Morgan fingerprint density at radius 2 is 2.07 bits per heavy atom. The van der Waals surface area contributed by atoms with Crippen LogP contribution < -0.4 is 10.5 Å². The summed E-state index contributed by atoms with van der Waals surface area (Å²) in [7, 11) is 0. The van der Waals surface area contributed by atoms with Gasteiger partial charge in [0, 0.05) is 5.54 Å². The maximum absolute atomic E-state index is 6.00. The zero-order chi connectivity index (χ0) is 10.9. The van der Waals surface area contributed by atoms with Gasteiger partial charge in [0.1, 0.15) is 5.75 Å². The topological polar surface area (TPSA) is 35.2 Å². The lowest BCUT2D eigenvalue weighted by atomic mass is 10.1. The number of hydrogen-bond donors (Lipinski definition) is 1. The molecule has 0 saturated heterocycles. The molecule has 2 heteroatoms. The Kier molecular flexibility index (Phi) is 2.70. The van der Waals surface area contributed by atoms with Gasteiger partial charge in [-0.2, -0.15) is 0 Å². The number of ether oxygens (including phenoxy) is 1. The van der Waals surface area contributed by atoms with Gasteiger partial charge in [0.15, 0.2) is 0 Å². The van der Waals surface area contributed by atoms with E-state index in [9.17, 15) is 0 Å². The molecule has 0 heterocycles. The predicted molar refractivity (Wildman–Crippen MR) is 62.2 cm³/mol. The van der Waals surface area contributed by atoms with Crippen molar-refractivity contribution < 1.29 is 4.74 Å². The Balaban J connectivity index is 1.90. The Morgan fingerprint density at radius 3 is 2.73 bits per heavy atom. The molecule has 0 bridgehead atoms. The van der Waals surface area contributed by atoms with Crippen LogP contribution in [0.1, 0.15) is 30.4 Å². The highest BCUT2D eigenvalue weighted by molar-refractivity contribution is 5.38. The van der Waals surface area contributed by atoms with E-state index in [1.54, 1.807) is 0 Å². The van der Waals surface area contributed by atoms with Gasteiger partial charge in [-0.05, 0) is 50.3 Å². The second-order valence-electron chi connectivity index (χ2n) is 4.66. The van der Waals surface area contributed by atoms with E-state index in [0.29, 0.717) is 0 Å². The van der Waals surface area contributed by atoms with Crippen molar-refractivity contribution in [3.8, 4) is 5.75 Å². The second-order valence-corrected chi connectivity index (χ2v) is 4.66. The molecular formula is C13H19NO. The summed E-state index contributed by atoms with van der Waals surface area (Å²) >= 11 is 0. The van der Waals surface area contributed by atoms with Crippen LogP contribution in [-0.2, 0) is 0 Å². The summed E-state index contributed by atoms with van der Waals surface area (Å²) in [5, 5.41) is 0. The van der Waals surface area contributed by atoms with Crippen LogP contribution in [0.25, 0.3) is 0 Å². The van der Waals surface area contributed by atoms with Crippen LogP contribution >= 0.6 is 0 Å². The van der Waals surface area contributed by atoms with Crippen molar-refractivity contribution in [3.63, 3.8) is 0 Å². The van der Waals surface area contributed by atoms with Crippen molar-refractivity contribution in [3.05, 3.63) is 29.3 Å². The van der Waals surface area contributed by atoms with Gasteiger partial charge in [-0.1, -0.05) is 12.1 Å². The average molecular weight is 205 g/mol. The fraction of sp³-hybridized carbons (Fsp3) is 0.538. The minimum Gasteiger partial charge on any atom is -0.493 e. The second kappa shape index (κ2) is 3.86. The molecule has 0 radical (unpaired) electrons. The molecule has 1 aromatic rings. The summed E-state index contributed by atoms with van der Waals surface area (Å²) in [6.07, 6.45) is 3.28. The first-order valence-corrected chi connectivity index (χ1v) is 5.59. The summed E-state index contributed by atoms with van der Waals surface area (Å²) in [6, 6.07) is 6.17. The van der Waals surface area contributed by atoms with E-state index in [-0.39, 0.29) is 5.54 Å². The Hall–Kier alpha value is -1.02. The van der Waals surface area contributed by atoms with E-state index < -0.39 is 0 Å². The lowest BCUT2D eigenvalue weighted by Crippen LogP contribution is -2.24. The molecule has 1 aliphatic rings. The van der Waals surface area contributed by atoms with Gasteiger partial charge >= 0.3 is 0 Å². The third-order valence-electron chi connectivity index (χ3n) is 3.30. The molecule has 82 valence electrons. The first kappa shape index (κ1) is 10.5. The molecule has 0 aliphatic heterocycles. The van der Waals surface area contributed by atoms with Crippen LogP contribution in [0.4, 0.5) is 0 Å². The molecule has 2 nitrogen and oxygen atoms in total. The molecule has 15 heavy (non-hydrogen) atoms. The molecule has 1 saturated carbocycles. The van der Waals surface area contributed by atoms with E-state index in [2.05, 4.69) is 19.9 Å². The first-order chi connectivity index (χ1) is 7.11. The van der Waals surface area contributed by atoms with Crippen molar-refractivity contribution >= 4 is 0 Å². The lowest BCUT2D eigenvalue weighted by Gasteiger charge is -2.13. The Bertz CT molecular complexity index is 356. The minimum atomic E-state index is 0.0950. The van der Waals surface area contributed by atoms with Crippen LogP contribution in [0.15, 0.2) is 18.2 Å². The molecule has 1 aromatic carbocycles. The molecule has 0 unspecified atom stereocenters. The smallest absolute Gasteiger partial charge is 0.122 e. The first-order valence-electron chi connectivity index (χ1n) is 5.59. The number of aryl methyl sites for hydroxylation is 1. The van der Waals surface area contributed by atoms with Crippen LogP contribution in [0, 0.1) is 13.8 Å². The third-order valence-corrected chi connectivity index (χ3v) is 3.30. The summed E-state index contributed by atoms with van der Waals surface area (Å²) in [4.78, 5) is 0. The molecule has 2 rings (SSSR count). The van der Waals surface area contributed by atoms with E-state index in [4.69, 9.17) is 10.5 Å². The number of nitrogens with two attached hydrogens (primary N) is 1. The summed E-state index contributed by atoms with van der Waals surface area (Å²) in [5.74, 6) is 0.999. The highest BCUT2D eigenvalue weighted by Gasteiger charge is 2.37. The molecule has 0 spiro atoms. The largest absolute Gasteiger partial charge is 0.493 e. The van der Waals surface area contributed by atoms with E-state index in [1.807, 2.05) is 12.1 Å². The summed E-state index contributed by atoms with van der Waals surface area (Å²) in [6.45, 7) is 4.94. The number of rotatable bonds is 4. The van der Waals surface area contributed by atoms with Crippen LogP contribution in [0.2, 0.25) is 0 Å². The van der Waals surface area contributed by atoms with Crippen LogP contribution in [-0.4, -0.2) is 12.1 Å². The predicted octanol–water partition coefficient (Wildman–Crippen LogP) is 2.56. The van der Waals surface area contributed by atoms with Crippen molar-refractivity contribution in [2.24, 2.45) is 5.73 Å². The third kappa shape index (κ3) is 2.51.